The van der Waals surface area contributed by atoms with Crippen molar-refractivity contribution in [3.8, 4) is 0 Å². The fourth-order valence-electron chi connectivity index (χ4n) is 1.19. The van der Waals surface area contributed by atoms with Crippen molar-refractivity contribution in [3.63, 3.8) is 0 Å². The Morgan fingerprint density at radius 2 is 2.23 bits per heavy atom. The van der Waals surface area contributed by atoms with Gasteiger partial charge in [-0.3, -0.25) is 0 Å². The van der Waals surface area contributed by atoms with Crippen molar-refractivity contribution in [3.05, 3.63) is 23.2 Å². The zero-order valence-corrected chi connectivity index (χ0v) is 7.57. The van der Waals surface area contributed by atoms with Gasteiger partial charge in [0.05, 0.1) is 12.9 Å². The fraction of sp³-hybridized carbons (Fsp3) is 0.444. The highest BCUT2D eigenvalue weighted by atomic mass is 16.4. The number of aromatic carboxylic acids is 1. The van der Waals surface area contributed by atoms with Crippen LogP contribution in [0, 0.1) is 0 Å². The first-order valence-corrected chi connectivity index (χ1v) is 4.02. The molecule has 0 atom stereocenters. The van der Waals surface area contributed by atoms with Crippen LogP contribution in [0.2, 0.25) is 0 Å². The van der Waals surface area contributed by atoms with Crippen LogP contribution in [-0.4, -0.2) is 16.2 Å². The number of carboxylic acid groups (broad SMARTS) is 1. The molecule has 0 radical (unpaired) electrons. The van der Waals surface area contributed by atoms with Crippen molar-refractivity contribution in [1.82, 2.24) is 0 Å². The van der Waals surface area contributed by atoms with Crippen molar-refractivity contribution >= 4 is 5.97 Å². The van der Waals surface area contributed by atoms with Crippen LogP contribution in [0.25, 0.3) is 0 Å². The normalized spacial score (nSPS) is 10.8. The second-order valence-electron chi connectivity index (χ2n) is 3.12. The van der Waals surface area contributed by atoms with E-state index in [0.717, 1.165) is 0 Å². The standard InChI is InChI=1S/C9H12O4/c1-5(2)8-7(9(11)12)6(3-10)4-13-8/h4-5,10H,3H2,1-2H3,(H,11,12). The maximum absolute atomic E-state index is 10.8. The number of carbonyl (C=O) groups is 1. The summed E-state index contributed by atoms with van der Waals surface area (Å²) in [6.45, 7) is 3.37. The van der Waals surface area contributed by atoms with Crippen LogP contribution in [-0.2, 0) is 6.61 Å². The van der Waals surface area contributed by atoms with E-state index in [1.165, 1.54) is 6.26 Å². The van der Waals surface area contributed by atoms with E-state index in [-0.39, 0.29) is 18.1 Å². The molecule has 1 aromatic rings. The van der Waals surface area contributed by atoms with E-state index >= 15 is 0 Å². The minimum absolute atomic E-state index is 0.00593. The minimum atomic E-state index is -1.05. The molecule has 13 heavy (non-hydrogen) atoms. The van der Waals surface area contributed by atoms with Gasteiger partial charge in [0.1, 0.15) is 11.3 Å². The largest absolute Gasteiger partial charge is 0.478 e. The molecule has 2 N–H and O–H groups in total. The van der Waals surface area contributed by atoms with Crippen molar-refractivity contribution < 1.29 is 19.4 Å². The molecular formula is C9H12O4. The van der Waals surface area contributed by atoms with Crippen LogP contribution in [0.15, 0.2) is 10.7 Å². The van der Waals surface area contributed by atoms with Gasteiger partial charge >= 0.3 is 5.97 Å². The Kier molecular flexibility index (Phi) is 2.72. The minimum Gasteiger partial charge on any atom is -0.478 e. The highest BCUT2D eigenvalue weighted by Crippen LogP contribution is 2.24. The van der Waals surface area contributed by atoms with Gasteiger partial charge in [-0.2, -0.15) is 0 Å². The van der Waals surface area contributed by atoms with Gasteiger partial charge < -0.3 is 14.6 Å². The van der Waals surface area contributed by atoms with Gasteiger partial charge in [-0.15, -0.1) is 0 Å². The Labute approximate surface area is 75.8 Å². The molecule has 72 valence electrons. The van der Waals surface area contributed by atoms with Gasteiger partial charge in [-0.1, -0.05) is 13.8 Å². The third kappa shape index (κ3) is 1.72. The van der Waals surface area contributed by atoms with Crippen molar-refractivity contribution in [1.29, 1.82) is 0 Å². The lowest BCUT2D eigenvalue weighted by atomic mass is 10.0. The van der Waals surface area contributed by atoms with Crippen LogP contribution in [0.4, 0.5) is 0 Å². The predicted octanol–water partition coefficient (Wildman–Crippen LogP) is 1.59. The molecule has 4 nitrogen and oxygen atoms in total. The topological polar surface area (TPSA) is 70.7 Å². The van der Waals surface area contributed by atoms with E-state index in [4.69, 9.17) is 14.6 Å². The van der Waals surface area contributed by atoms with Gasteiger partial charge in [0, 0.05) is 11.5 Å². The van der Waals surface area contributed by atoms with Crippen molar-refractivity contribution in [2.24, 2.45) is 0 Å². The van der Waals surface area contributed by atoms with Gasteiger partial charge in [0.2, 0.25) is 0 Å². The van der Waals surface area contributed by atoms with Crippen LogP contribution in [0.5, 0.6) is 0 Å². The summed E-state index contributed by atoms with van der Waals surface area (Å²) in [6, 6.07) is 0. The third-order valence-corrected chi connectivity index (χ3v) is 1.80. The lowest BCUT2D eigenvalue weighted by Gasteiger charge is -2.02. The summed E-state index contributed by atoms with van der Waals surface area (Å²) >= 11 is 0. The summed E-state index contributed by atoms with van der Waals surface area (Å²) in [4.78, 5) is 10.8. The molecule has 4 heteroatoms. The molecule has 0 bridgehead atoms. The molecule has 1 heterocycles. The van der Waals surface area contributed by atoms with E-state index in [9.17, 15) is 4.79 Å². The fourth-order valence-corrected chi connectivity index (χ4v) is 1.19. The quantitative estimate of drug-likeness (QED) is 0.748. The van der Waals surface area contributed by atoms with Crippen LogP contribution < -0.4 is 0 Å². The molecule has 0 spiro atoms. The van der Waals surface area contributed by atoms with Crippen LogP contribution >= 0.6 is 0 Å². The first-order valence-electron chi connectivity index (χ1n) is 4.02. The molecule has 0 unspecified atom stereocenters. The molecule has 0 aliphatic rings. The van der Waals surface area contributed by atoms with Crippen LogP contribution in [0.3, 0.4) is 0 Å². The van der Waals surface area contributed by atoms with Gasteiger partial charge in [0.25, 0.3) is 0 Å². The summed E-state index contributed by atoms with van der Waals surface area (Å²) in [7, 11) is 0. The summed E-state index contributed by atoms with van der Waals surface area (Å²) in [5, 5.41) is 17.7. The highest BCUT2D eigenvalue weighted by molar-refractivity contribution is 5.90. The SMILES string of the molecule is CC(C)c1occ(CO)c1C(=O)O. The van der Waals surface area contributed by atoms with E-state index in [1.807, 2.05) is 13.8 Å². The number of aliphatic hydroxyl groups excluding tert-OH is 1. The Morgan fingerprint density at radius 3 is 2.62 bits per heavy atom. The van der Waals surface area contributed by atoms with E-state index in [2.05, 4.69) is 0 Å². The average Bonchev–Trinajstić information content (AvgIpc) is 2.46. The second kappa shape index (κ2) is 3.62. The van der Waals surface area contributed by atoms with Gasteiger partial charge in [-0.05, 0) is 0 Å². The number of aliphatic hydroxyl groups is 1. The second-order valence-corrected chi connectivity index (χ2v) is 3.12. The molecular weight excluding hydrogens is 172 g/mol. The number of furan rings is 1. The first kappa shape index (κ1) is 9.80. The van der Waals surface area contributed by atoms with Crippen LogP contribution in [0.1, 0.15) is 41.4 Å². The summed E-state index contributed by atoms with van der Waals surface area (Å²) in [5.41, 5.74) is 0.425. The average molecular weight is 184 g/mol. The number of carboxylic acids is 1. The van der Waals surface area contributed by atoms with Crippen molar-refractivity contribution in [2.45, 2.75) is 26.4 Å². The summed E-state index contributed by atoms with van der Waals surface area (Å²) in [5.74, 6) is -0.635. The Balaban J connectivity index is 3.22. The first-order chi connectivity index (χ1) is 6.07. The summed E-state index contributed by atoms with van der Waals surface area (Å²) in [6.07, 6.45) is 1.29. The van der Waals surface area contributed by atoms with E-state index < -0.39 is 5.97 Å². The Morgan fingerprint density at radius 1 is 1.62 bits per heavy atom. The van der Waals surface area contributed by atoms with Gasteiger partial charge in [-0.25, -0.2) is 4.79 Å². The molecule has 0 fully saturated rings. The van der Waals surface area contributed by atoms with E-state index in [0.29, 0.717) is 11.3 Å². The number of hydrogen-bond acceptors (Lipinski definition) is 3. The predicted molar refractivity (Wildman–Crippen MR) is 45.7 cm³/mol. The molecule has 0 amide bonds. The molecule has 0 saturated carbocycles. The zero-order chi connectivity index (χ0) is 10.0. The highest BCUT2D eigenvalue weighted by Gasteiger charge is 2.21. The molecule has 0 saturated heterocycles. The van der Waals surface area contributed by atoms with E-state index in [1.54, 1.807) is 0 Å². The lowest BCUT2D eigenvalue weighted by Crippen LogP contribution is -2.03. The number of rotatable bonds is 3. The molecule has 0 aliphatic heterocycles. The molecule has 0 aliphatic carbocycles. The van der Waals surface area contributed by atoms with Crippen molar-refractivity contribution in [2.75, 3.05) is 0 Å². The van der Waals surface area contributed by atoms with Gasteiger partial charge in [0.15, 0.2) is 0 Å². The summed E-state index contributed by atoms with van der Waals surface area (Å²) < 4.78 is 5.07. The Hall–Kier alpha value is -1.29. The third-order valence-electron chi connectivity index (χ3n) is 1.80. The maximum Gasteiger partial charge on any atom is 0.339 e. The zero-order valence-electron chi connectivity index (χ0n) is 7.57. The monoisotopic (exact) mass is 184 g/mol. The molecule has 1 rings (SSSR count). The Bertz CT molecular complexity index is 311. The molecule has 1 aromatic heterocycles. The number of hydrogen-bond donors (Lipinski definition) is 2. The lowest BCUT2D eigenvalue weighted by molar-refractivity contribution is 0.0690. The maximum atomic E-state index is 10.8. The molecule has 0 aromatic carbocycles. The smallest absolute Gasteiger partial charge is 0.339 e.